The molecule has 3 rings (SSSR count). The summed E-state index contributed by atoms with van der Waals surface area (Å²) in [5.41, 5.74) is 2.69. The number of amides is 1. The molecule has 0 aliphatic carbocycles. The minimum Gasteiger partial charge on any atom is -0.360 e. The molecular formula is C16H17N5OS3. The summed E-state index contributed by atoms with van der Waals surface area (Å²) in [6.45, 7) is 4.78. The normalized spacial score (nSPS) is 10.6. The lowest BCUT2D eigenvalue weighted by atomic mass is 10.1. The van der Waals surface area contributed by atoms with Crippen molar-refractivity contribution in [1.29, 1.82) is 0 Å². The molecule has 2 aromatic heterocycles. The number of hydrogen-bond donors (Lipinski definition) is 2. The summed E-state index contributed by atoms with van der Waals surface area (Å²) in [5.74, 6) is 0.220. The number of aromatic nitrogens is 3. The molecule has 0 bridgehead atoms. The number of hydrogen-bond acceptors (Lipinski definition) is 8. The van der Waals surface area contributed by atoms with Gasteiger partial charge in [-0.25, -0.2) is 4.98 Å². The zero-order valence-corrected chi connectivity index (χ0v) is 16.2. The SMILES string of the molecule is CCNc1nnc(SCC(=O)Nc2cccc(-c3csc(C)n3)c2)s1. The van der Waals surface area contributed by atoms with E-state index in [0.29, 0.717) is 5.75 Å². The van der Waals surface area contributed by atoms with Gasteiger partial charge in [-0.2, -0.15) is 0 Å². The van der Waals surface area contributed by atoms with Gasteiger partial charge >= 0.3 is 0 Å². The lowest BCUT2D eigenvalue weighted by molar-refractivity contribution is -0.113. The molecule has 0 spiro atoms. The van der Waals surface area contributed by atoms with Crippen LogP contribution in [0.4, 0.5) is 10.8 Å². The molecule has 0 fully saturated rings. The maximum atomic E-state index is 12.2. The van der Waals surface area contributed by atoms with Crippen LogP contribution >= 0.6 is 34.4 Å². The molecule has 0 unspecified atom stereocenters. The van der Waals surface area contributed by atoms with E-state index < -0.39 is 0 Å². The van der Waals surface area contributed by atoms with Gasteiger partial charge in [0.15, 0.2) is 4.34 Å². The van der Waals surface area contributed by atoms with Crippen LogP contribution in [0, 0.1) is 6.92 Å². The fourth-order valence-corrected chi connectivity index (χ4v) is 4.31. The third kappa shape index (κ3) is 5.00. The van der Waals surface area contributed by atoms with Crippen molar-refractivity contribution in [3.63, 3.8) is 0 Å². The van der Waals surface area contributed by atoms with Crippen LogP contribution in [0.1, 0.15) is 11.9 Å². The summed E-state index contributed by atoms with van der Waals surface area (Å²) in [5, 5.41) is 17.9. The Bertz CT molecular complexity index is 861. The largest absolute Gasteiger partial charge is 0.360 e. The quantitative estimate of drug-likeness (QED) is 0.590. The van der Waals surface area contributed by atoms with E-state index in [1.807, 2.05) is 43.5 Å². The van der Waals surface area contributed by atoms with Crippen LogP contribution in [-0.4, -0.2) is 33.4 Å². The monoisotopic (exact) mass is 391 g/mol. The van der Waals surface area contributed by atoms with E-state index in [1.165, 1.54) is 23.1 Å². The summed E-state index contributed by atoms with van der Waals surface area (Å²) < 4.78 is 0.776. The molecule has 130 valence electrons. The smallest absolute Gasteiger partial charge is 0.234 e. The van der Waals surface area contributed by atoms with Crippen molar-refractivity contribution in [2.45, 2.75) is 18.2 Å². The molecule has 25 heavy (non-hydrogen) atoms. The zero-order valence-electron chi connectivity index (χ0n) is 13.8. The maximum Gasteiger partial charge on any atom is 0.234 e. The zero-order chi connectivity index (χ0) is 17.6. The predicted octanol–water partition coefficient (Wildman–Crippen LogP) is 4.13. The van der Waals surface area contributed by atoms with E-state index in [2.05, 4.69) is 25.8 Å². The van der Waals surface area contributed by atoms with Crippen molar-refractivity contribution < 1.29 is 4.79 Å². The van der Waals surface area contributed by atoms with Crippen molar-refractivity contribution in [3.8, 4) is 11.3 Å². The molecule has 0 aliphatic rings. The highest BCUT2D eigenvalue weighted by atomic mass is 32.2. The number of anilines is 2. The van der Waals surface area contributed by atoms with Crippen LogP contribution in [0.3, 0.4) is 0 Å². The van der Waals surface area contributed by atoms with Crippen LogP contribution < -0.4 is 10.6 Å². The van der Waals surface area contributed by atoms with Crippen LogP contribution in [-0.2, 0) is 4.79 Å². The molecule has 0 atom stereocenters. The van der Waals surface area contributed by atoms with Gasteiger partial charge in [0.1, 0.15) is 0 Å². The number of aryl methyl sites for hydroxylation is 1. The van der Waals surface area contributed by atoms with Crippen molar-refractivity contribution in [1.82, 2.24) is 15.2 Å². The molecule has 0 aliphatic heterocycles. The van der Waals surface area contributed by atoms with E-state index in [4.69, 9.17) is 0 Å². The first-order valence-electron chi connectivity index (χ1n) is 7.66. The van der Waals surface area contributed by atoms with Gasteiger partial charge in [-0.15, -0.1) is 21.5 Å². The molecule has 0 saturated heterocycles. The number of nitrogens with zero attached hydrogens (tertiary/aromatic N) is 3. The van der Waals surface area contributed by atoms with Gasteiger partial charge in [-0.3, -0.25) is 4.79 Å². The van der Waals surface area contributed by atoms with Crippen molar-refractivity contribution in [3.05, 3.63) is 34.7 Å². The molecular weight excluding hydrogens is 374 g/mol. The lowest BCUT2D eigenvalue weighted by Gasteiger charge is -2.06. The lowest BCUT2D eigenvalue weighted by Crippen LogP contribution is -2.13. The Morgan fingerprint density at radius 2 is 2.20 bits per heavy atom. The number of carbonyl (C=O) groups is 1. The first kappa shape index (κ1) is 17.8. The predicted molar refractivity (Wildman–Crippen MR) is 106 cm³/mol. The van der Waals surface area contributed by atoms with E-state index in [-0.39, 0.29) is 5.91 Å². The average molecular weight is 392 g/mol. The van der Waals surface area contributed by atoms with Crippen LogP contribution in [0.25, 0.3) is 11.3 Å². The van der Waals surface area contributed by atoms with Gasteiger partial charge in [-0.1, -0.05) is 35.2 Å². The Labute approximate surface area is 158 Å². The third-order valence-corrected chi connectivity index (χ3v) is 5.91. The highest BCUT2D eigenvalue weighted by Crippen LogP contribution is 2.26. The van der Waals surface area contributed by atoms with Crippen molar-refractivity contribution in [2.75, 3.05) is 22.9 Å². The molecule has 1 aromatic carbocycles. The van der Waals surface area contributed by atoms with E-state index >= 15 is 0 Å². The number of thioether (sulfide) groups is 1. The van der Waals surface area contributed by atoms with Crippen LogP contribution in [0.5, 0.6) is 0 Å². The molecule has 2 N–H and O–H groups in total. The van der Waals surface area contributed by atoms with E-state index in [9.17, 15) is 4.79 Å². The Balaban J connectivity index is 1.57. The minimum atomic E-state index is -0.0724. The fraction of sp³-hybridized carbons (Fsp3) is 0.250. The Morgan fingerprint density at radius 3 is 2.96 bits per heavy atom. The van der Waals surface area contributed by atoms with Crippen molar-refractivity contribution >= 4 is 51.2 Å². The third-order valence-electron chi connectivity index (χ3n) is 3.12. The van der Waals surface area contributed by atoms with Gasteiger partial charge in [0.05, 0.1) is 16.5 Å². The second-order valence-corrected chi connectivity index (χ2v) is 8.34. The molecule has 0 saturated carbocycles. The highest BCUT2D eigenvalue weighted by molar-refractivity contribution is 8.01. The Morgan fingerprint density at radius 1 is 1.32 bits per heavy atom. The number of carbonyl (C=O) groups excluding carboxylic acids is 1. The molecule has 2 heterocycles. The van der Waals surface area contributed by atoms with Crippen molar-refractivity contribution in [2.24, 2.45) is 0 Å². The van der Waals surface area contributed by atoms with Gasteiger partial charge in [-0.05, 0) is 26.0 Å². The molecule has 0 radical (unpaired) electrons. The van der Waals surface area contributed by atoms with Crippen LogP contribution in [0.2, 0.25) is 0 Å². The van der Waals surface area contributed by atoms with Gasteiger partial charge in [0.2, 0.25) is 11.0 Å². The molecule has 6 nitrogen and oxygen atoms in total. The molecule has 1 amide bonds. The first-order valence-corrected chi connectivity index (χ1v) is 10.3. The van der Waals surface area contributed by atoms with Crippen LogP contribution in [0.15, 0.2) is 34.0 Å². The second kappa shape index (κ2) is 8.41. The van der Waals surface area contributed by atoms with E-state index in [1.54, 1.807) is 11.3 Å². The topological polar surface area (TPSA) is 79.8 Å². The standard InChI is InChI=1S/C16H17N5OS3/c1-3-17-15-20-21-16(25-15)24-9-14(22)19-12-6-4-5-11(7-12)13-8-23-10(2)18-13/h4-8H,3,9H2,1-2H3,(H,17,20)(H,19,22). The first-order chi connectivity index (χ1) is 12.1. The summed E-state index contributed by atoms with van der Waals surface area (Å²) in [6.07, 6.45) is 0. The number of rotatable bonds is 7. The van der Waals surface area contributed by atoms with Gasteiger partial charge in [0, 0.05) is 23.2 Å². The number of thiazole rings is 1. The average Bonchev–Trinajstić information content (AvgIpc) is 3.23. The molecule has 9 heteroatoms. The number of nitrogens with one attached hydrogen (secondary N) is 2. The van der Waals surface area contributed by atoms with Gasteiger partial charge in [0.25, 0.3) is 0 Å². The summed E-state index contributed by atoms with van der Waals surface area (Å²) >= 11 is 4.44. The summed E-state index contributed by atoms with van der Waals surface area (Å²) in [6, 6.07) is 7.72. The Kier molecular flexibility index (Phi) is 6.00. The second-order valence-electron chi connectivity index (χ2n) is 5.07. The van der Waals surface area contributed by atoms with Gasteiger partial charge < -0.3 is 10.6 Å². The summed E-state index contributed by atoms with van der Waals surface area (Å²) in [4.78, 5) is 16.6. The maximum absolute atomic E-state index is 12.2. The minimum absolute atomic E-state index is 0.0724. The highest BCUT2D eigenvalue weighted by Gasteiger charge is 2.09. The fourth-order valence-electron chi connectivity index (χ4n) is 2.07. The molecule has 3 aromatic rings. The van der Waals surface area contributed by atoms with E-state index in [0.717, 1.165) is 38.0 Å². The summed E-state index contributed by atoms with van der Waals surface area (Å²) in [7, 11) is 0. The Hall–Kier alpha value is -1.97. The number of benzene rings is 1.